The number of nitrogens with one attached hydrogen (secondary N) is 1. The van der Waals surface area contributed by atoms with Crippen molar-refractivity contribution in [2.24, 2.45) is 0 Å². The van der Waals surface area contributed by atoms with Crippen LogP contribution >= 0.6 is 15.9 Å². The summed E-state index contributed by atoms with van der Waals surface area (Å²) in [6.45, 7) is 1.18. The van der Waals surface area contributed by atoms with Gasteiger partial charge >= 0.3 is 0 Å². The number of carbonyl (C=O) groups excluding carboxylic acids is 1. The molecule has 0 atom stereocenters. The predicted molar refractivity (Wildman–Crippen MR) is 112 cm³/mol. The van der Waals surface area contributed by atoms with E-state index in [0.717, 1.165) is 23.0 Å². The first-order valence-corrected chi connectivity index (χ1v) is 10.8. The highest BCUT2D eigenvalue weighted by Crippen LogP contribution is 2.14. The molecule has 0 saturated carbocycles. The molecule has 2 aromatic rings. The van der Waals surface area contributed by atoms with E-state index in [9.17, 15) is 13.2 Å². The number of sulfonamides is 1. The number of nitrogens with zero attached hydrogens (tertiary/aromatic N) is 1. The maximum absolute atomic E-state index is 12.3. The standard InChI is InChI=1S/C20H23BrN2O3S/c1-23(2)15-3-14-22-27(25,26)19-11-7-17(8-12-19)20(24)13-6-16-4-9-18(21)10-5-16/h4-13,22H,3,14-15H2,1-2H3. The summed E-state index contributed by atoms with van der Waals surface area (Å²) in [5.41, 5.74) is 1.35. The van der Waals surface area contributed by atoms with E-state index in [4.69, 9.17) is 0 Å². The molecule has 0 spiro atoms. The Balaban J connectivity index is 1.99. The van der Waals surface area contributed by atoms with Gasteiger partial charge in [0, 0.05) is 16.6 Å². The summed E-state index contributed by atoms with van der Waals surface area (Å²) in [7, 11) is 0.317. The van der Waals surface area contributed by atoms with Gasteiger partial charge in [-0.3, -0.25) is 4.79 Å². The SMILES string of the molecule is CN(C)CCCNS(=O)(=O)c1ccc(C(=O)C=Cc2ccc(Br)cc2)cc1. The first-order chi connectivity index (χ1) is 12.8. The monoisotopic (exact) mass is 450 g/mol. The fourth-order valence-corrected chi connectivity index (χ4v) is 3.66. The Kier molecular flexibility index (Phi) is 7.91. The molecule has 0 amide bonds. The second-order valence-corrected chi connectivity index (χ2v) is 9.01. The number of hydrogen-bond acceptors (Lipinski definition) is 4. The van der Waals surface area contributed by atoms with Crippen LogP contribution in [-0.2, 0) is 10.0 Å². The van der Waals surface area contributed by atoms with Crippen LogP contribution in [0.25, 0.3) is 6.08 Å². The number of halogens is 1. The molecular formula is C20H23BrN2O3S. The van der Waals surface area contributed by atoms with Gasteiger partial charge in [0.2, 0.25) is 10.0 Å². The lowest BCUT2D eigenvalue weighted by Crippen LogP contribution is -2.27. The summed E-state index contributed by atoms with van der Waals surface area (Å²) in [5.74, 6) is -0.180. The Morgan fingerprint density at radius 2 is 1.70 bits per heavy atom. The fourth-order valence-electron chi connectivity index (χ4n) is 2.33. The van der Waals surface area contributed by atoms with Crippen LogP contribution in [0.15, 0.2) is 64.0 Å². The summed E-state index contributed by atoms with van der Waals surface area (Å²) < 4.78 is 28.1. The Morgan fingerprint density at radius 3 is 2.30 bits per heavy atom. The largest absolute Gasteiger partial charge is 0.309 e. The van der Waals surface area contributed by atoms with Crippen molar-refractivity contribution < 1.29 is 13.2 Å². The summed E-state index contributed by atoms with van der Waals surface area (Å²) in [6, 6.07) is 13.6. The van der Waals surface area contributed by atoms with Crippen LogP contribution in [0.2, 0.25) is 0 Å². The summed E-state index contributed by atoms with van der Waals surface area (Å²) >= 11 is 3.36. The molecule has 0 saturated heterocycles. The Bertz CT molecular complexity index is 890. The van der Waals surface area contributed by atoms with Gasteiger partial charge in [0.15, 0.2) is 5.78 Å². The molecule has 0 unspecified atom stereocenters. The maximum Gasteiger partial charge on any atom is 0.240 e. The molecule has 0 heterocycles. The van der Waals surface area contributed by atoms with E-state index in [2.05, 4.69) is 20.7 Å². The first-order valence-electron chi connectivity index (χ1n) is 8.50. The third kappa shape index (κ3) is 7.03. The van der Waals surface area contributed by atoms with E-state index in [1.165, 1.54) is 30.3 Å². The molecule has 0 radical (unpaired) electrons. The van der Waals surface area contributed by atoms with Crippen molar-refractivity contribution in [3.63, 3.8) is 0 Å². The molecular weight excluding hydrogens is 428 g/mol. The number of rotatable bonds is 9. The lowest BCUT2D eigenvalue weighted by Gasteiger charge is -2.10. The zero-order chi connectivity index (χ0) is 19.9. The van der Waals surface area contributed by atoms with Crippen LogP contribution in [0, 0.1) is 0 Å². The zero-order valence-corrected chi connectivity index (χ0v) is 17.8. The van der Waals surface area contributed by atoms with Crippen LogP contribution in [0.1, 0.15) is 22.3 Å². The number of carbonyl (C=O) groups is 1. The van der Waals surface area contributed by atoms with Crippen molar-refractivity contribution in [1.82, 2.24) is 9.62 Å². The van der Waals surface area contributed by atoms with Crippen molar-refractivity contribution in [3.8, 4) is 0 Å². The predicted octanol–water partition coefficient (Wildman–Crippen LogP) is 3.58. The van der Waals surface area contributed by atoms with Gasteiger partial charge in [0.1, 0.15) is 0 Å². The van der Waals surface area contributed by atoms with Crippen LogP contribution in [0.4, 0.5) is 0 Å². The second-order valence-electron chi connectivity index (χ2n) is 6.33. The molecule has 0 aliphatic carbocycles. The van der Waals surface area contributed by atoms with Crippen LogP contribution in [-0.4, -0.2) is 46.3 Å². The first kappa shape index (κ1) is 21.5. The van der Waals surface area contributed by atoms with Gasteiger partial charge in [0.05, 0.1) is 4.90 Å². The van der Waals surface area contributed by atoms with Crippen LogP contribution in [0.3, 0.4) is 0 Å². The lowest BCUT2D eigenvalue weighted by molar-refractivity contribution is 0.104. The average molecular weight is 451 g/mol. The van der Waals surface area contributed by atoms with Crippen molar-refractivity contribution in [1.29, 1.82) is 0 Å². The molecule has 2 aromatic carbocycles. The number of benzene rings is 2. The number of allylic oxidation sites excluding steroid dienone is 1. The number of hydrogen-bond donors (Lipinski definition) is 1. The normalized spacial score (nSPS) is 12.0. The summed E-state index contributed by atoms with van der Waals surface area (Å²) in [5, 5.41) is 0. The van der Waals surface area contributed by atoms with E-state index in [1.54, 1.807) is 6.08 Å². The van der Waals surface area contributed by atoms with Crippen LogP contribution < -0.4 is 4.72 Å². The van der Waals surface area contributed by atoms with Gasteiger partial charge in [-0.05, 0) is 75.1 Å². The molecule has 0 aliphatic rings. The summed E-state index contributed by atoms with van der Waals surface area (Å²) in [6.07, 6.45) is 3.93. The molecule has 27 heavy (non-hydrogen) atoms. The molecule has 0 fully saturated rings. The lowest BCUT2D eigenvalue weighted by atomic mass is 10.1. The van der Waals surface area contributed by atoms with Gasteiger partial charge in [-0.1, -0.05) is 34.1 Å². The van der Waals surface area contributed by atoms with E-state index in [1.807, 2.05) is 43.3 Å². The average Bonchev–Trinajstić information content (AvgIpc) is 2.64. The van der Waals surface area contributed by atoms with E-state index < -0.39 is 10.0 Å². The highest BCUT2D eigenvalue weighted by atomic mass is 79.9. The third-order valence-corrected chi connectivity index (χ3v) is 5.83. The molecule has 0 aliphatic heterocycles. The fraction of sp³-hybridized carbons (Fsp3) is 0.250. The third-order valence-electron chi connectivity index (χ3n) is 3.82. The number of ketones is 1. The topological polar surface area (TPSA) is 66.5 Å². The molecule has 0 bridgehead atoms. The van der Waals surface area contributed by atoms with Gasteiger partial charge < -0.3 is 4.90 Å². The zero-order valence-electron chi connectivity index (χ0n) is 15.4. The highest BCUT2D eigenvalue weighted by Gasteiger charge is 2.13. The van der Waals surface area contributed by atoms with Crippen molar-refractivity contribution in [2.45, 2.75) is 11.3 Å². The minimum absolute atomic E-state index is 0.154. The molecule has 7 heteroatoms. The molecule has 144 valence electrons. The molecule has 0 aromatic heterocycles. The van der Waals surface area contributed by atoms with E-state index in [-0.39, 0.29) is 10.7 Å². The quantitative estimate of drug-likeness (QED) is 0.360. The van der Waals surface area contributed by atoms with Crippen molar-refractivity contribution in [2.75, 3.05) is 27.2 Å². The Labute approximate surface area is 169 Å². The van der Waals surface area contributed by atoms with Crippen molar-refractivity contribution >= 4 is 37.8 Å². The van der Waals surface area contributed by atoms with Crippen molar-refractivity contribution in [3.05, 3.63) is 70.2 Å². The van der Waals surface area contributed by atoms with Gasteiger partial charge in [-0.25, -0.2) is 13.1 Å². The molecule has 2 rings (SSSR count). The Morgan fingerprint density at radius 1 is 1.07 bits per heavy atom. The second kappa shape index (κ2) is 9.94. The minimum atomic E-state index is -3.56. The van der Waals surface area contributed by atoms with Gasteiger partial charge in [-0.15, -0.1) is 0 Å². The summed E-state index contributed by atoms with van der Waals surface area (Å²) in [4.78, 5) is 14.4. The Hall–Kier alpha value is -1.80. The van der Waals surface area contributed by atoms with Gasteiger partial charge in [-0.2, -0.15) is 0 Å². The van der Waals surface area contributed by atoms with E-state index in [0.29, 0.717) is 12.1 Å². The van der Waals surface area contributed by atoms with Crippen LogP contribution in [0.5, 0.6) is 0 Å². The maximum atomic E-state index is 12.3. The van der Waals surface area contributed by atoms with Gasteiger partial charge in [0.25, 0.3) is 0 Å². The molecule has 1 N–H and O–H groups in total. The molecule has 5 nitrogen and oxygen atoms in total. The highest BCUT2D eigenvalue weighted by molar-refractivity contribution is 9.10. The minimum Gasteiger partial charge on any atom is -0.309 e. The van der Waals surface area contributed by atoms with E-state index >= 15 is 0 Å². The smallest absolute Gasteiger partial charge is 0.240 e.